The van der Waals surface area contributed by atoms with Crippen molar-refractivity contribution in [3.05, 3.63) is 29.8 Å². The summed E-state index contributed by atoms with van der Waals surface area (Å²) >= 11 is 0. The van der Waals surface area contributed by atoms with Crippen molar-refractivity contribution >= 4 is 5.69 Å². The van der Waals surface area contributed by atoms with Crippen LogP contribution in [0.4, 0.5) is 5.69 Å². The number of rotatable bonds is 4. The van der Waals surface area contributed by atoms with Crippen LogP contribution >= 0.6 is 0 Å². The summed E-state index contributed by atoms with van der Waals surface area (Å²) in [5, 5.41) is 0. The summed E-state index contributed by atoms with van der Waals surface area (Å²) in [6, 6.07) is 8.96. The molecular weight excluding hydrogens is 244 g/mol. The number of nitrogens with zero attached hydrogens (tertiary/aromatic N) is 1. The molecule has 1 fully saturated rings. The number of hydrogen-bond donors (Lipinski definition) is 1. The van der Waals surface area contributed by atoms with Gasteiger partial charge in [-0.15, -0.1) is 0 Å². The highest BCUT2D eigenvalue weighted by atomic mass is 15.2. The van der Waals surface area contributed by atoms with Crippen molar-refractivity contribution in [1.29, 1.82) is 0 Å². The van der Waals surface area contributed by atoms with Gasteiger partial charge in [-0.1, -0.05) is 38.0 Å². The number of hydrogen-bond acceptors (Lipinski definition) is 2. The Bertz CT molecular complexity index is 435. The number of benzene rings is 1. The fraction of sp³-hybridized carbons (Fsp3) is 0.667. The summed E-state index contributed by atoms with van der Waals surface area (Å²) in [5.74, 6) is 2.50. The summed E-state index contributed by atoms with van der Waals surface area (Å²) in [5.41, 5.74) is 8.80. The van der Waals surface area contributed by atoms with Gasteiger partial charge in [-0.05, 0) is 49.3 Å². The van der Waals surface area contributed by atoms with Crippen molar-refractivity contribution in [2.24, 2.45) is 17.6 Å². The second-order valence-electron chi connectivity index (χ2n) is 6.86. The first-order valence-electron chi connectivity index (χ1n) is 8.32. The van der Waals surface area contributed by atoms with Crippen LogP contribution in [0.1, 0.15) is 50.5 Å². The van der Waals surface area contributed by atoms with Crippen LogP contribution < -0.4 is 10.6 Å². The maximum Gasteiger partial charge on any atom is 0.0402 e. The van der Waals surface area contributed by atoms with E-state index in [1.165, 1.54) is 50.0 Å². The minimum absolute atomic E-state index is 0.652. The van der Waals surface area contributed by atoms with E-state index < -0.39 is 0 Å². The van der Waals surface area contributed by atoms with E-state index in [9.17, 15) is 0 Å². The van der Waals surface area contributed by atoms with Crippen molar-refractivity contribution in [3.63, 3.8) is 0 Å². The molecular formula is C18H28N2. The average molecular weight is 272 g/mol. The molecule has 3 rings (SSSR count). The lowest BCUT2D eigenvalue weighted by Crippen LogP contribution is -2.30. The fourth-order valence-corrected chi connectivity index (χ4v) is 4.03. The molecule has 0 aromatic heterocycles. The van der Waals surface area contributed by atoms with Crippen LogP contribution in [0, 0.1) is 11.8 Å². The summed E-state index contributed by atoms with van der Waals surface area (Å²) < 4.78 is 0. The molecule has 1 aliphatic carbocycles. The first-order valence-corrected chi connectivity index (χ1v) is 8.32. The van der Waals surface area contributed by atoms with Gasteiger partial charge in [0.1, 0.15) is 0 Å². The van der Waals surface area contributed by atoms with Gasteiger partial charge < -0.3 is 10.6 Å². The van der Waals surface area contributed by atoms with Crippen molar-refractivity contribution in [1.82, 2.24) is 0 Å². The molecule has 1 aromatic rings. The summed E-state index contributed by atoms with van der Waals surface area (Å²) in [6.45, 7) is 5.64. The van der Waals surface area contributed by atoms with E-state index in [1.807, 2.05) is 0 Å². The molecule has 1 aliphatic heterocycles. The molecule has 1 heterocycles. The molecule has 0 spiro atoms. The topological polar surface area (TPSA) is 29.3 Å². The lowest BCUT2D eigenvalue weighted by Gasteiger charge is -2.31. The van der Waals surface area contributed by atoms with Gasteiger partial charge in [0.15, 0.2) is 0 Å². The molecule has 110 valence electrons. The monoisotopic (exact) mass is 272 g/mol. The second-order valence-corrected chi connectivity index (χ2v) is 6.86. The summed E-state index contributed by atoms with van der Waals surface area (Å²) in [7, 11) is 0. The van der Waals surface area contributed by atoms with Gasteiger partial charge in [0.2, 0.25) is 0 Å². The Balaban J connectivity index is 1.68. The average Bonchev–Trinajstić information content (AvgIpc) is 2.81. The van der Waals surface area contributed by atoms with E-state index in [4.69, 9.17) is 5.73 Å². The van der Waals surface area contributed by atoms with Crippen LogP contribution in [-0.2, 0) is 0 Å². The Morgan fingerprint density at radius 2 is 1.90 bits per heavy atom. The van der Waals surface area contributed by atoms with Crippen LogP contribution in [0.15, 0.2) is 24.3 Å². The maximum absolute atomic E-state index is 5.79. The van der Waals surface area contributed by atoms with Crippen molar-refractivity contribution < 1.29 is 0 Å². The Morgan fingerprint density at radius 3 is 2.65 bits per heavy atom. The third-order valence-electron chi connectivity index (χ3n) is 5.29. The SMILES string of the molecule is CC1CCC(CN2CC(CCN)c3ccccc32)CC1. The molecule has 0 bridgehead atoms. The van der Waals surface area contributed by atoms with E-state index in [0.29, 0.717) is 5.92 Å². The molecule has 2 aliphatic rings. The van der Waals surface area contributed by atoms with Crippen LogP contribution in [0.5, 0.6) is 0 Å². The number of fused-ring (bicyclic) bond motifs is 1. The Hall–Kier alpha value is -1.02. The quantitative estimate of drug-likeness (QED) is 0.904. The summed E-state index contributed by atoms with van der Waals surface area (Å²) in [6.07, 6.45) is 6.80. The molecule has 0 saturated heterocycles. The number of nitrogens with two attached hydrogens (primary N) is 1. The number of anilines is 1. The van der Waals surface area contributed by atoms with Crippen LogP contribution in [-0.4, -0.2) is 19.6 Å². The molecule has 1 saturated carbocycles. The largest absolute Gasteiger partial charge is 0.370 e. The van der Waals surface area contributed by atoms with Crippen LogP contribution in [0.3, 0.4) is 0 Å². The first kappa shape index (κ1) is 13.9. The zero-order chi connectivity index (χ0) is 13.9. The van der Waals surface area contributed by atoms with Gasteiger partial charge >= 0.3 is 0 Å². The third kappa shape index (κ3) is 2.85. The minimum Gasteiger partial charge on any atom is -0.370 e. The molecule has 0 radical (unpaired) electrons. The predicted octanol–water partition coefficient (Wildman–Crippen LogP) is 3.77. The highest BCUT2D eigenvalue weighted by Crippen LogP contribution is 2.39. The molecule has 1 unspecified atom stereocenters. The van der Waals surface area contributed by atoms with E-state index in [2.05, 4.69) is 36.1 Å². The molecule has 0 amide bonds. The first-order chi connectivity index (χ1) is 9.78. The van der Waals surface area contributed by atoms with E-state index in [0.717, 1.165) is 24.8 Å². The van der Waals surface area contributed by atoms with Gasteiger partial charge in [0.05, 0.1) is 0 Å². The standard InChI is InChI=1S/C18H28N2/c1-14-6-8-15(9-7-14)12-20-13-16(10-11-19)17-4-2-3-5-18(17)20/h2-5,14-16H,6-13,19H2,1H3. The smallest absolute Gasteiger partial charge is 0.0402 e. The molecule has 2 heteroatoms. The molecule has 2 nitrogen and oxygen atoms in total. The highest BCUT2D eigenvalue weighted by Gasteiger charge is 2.29. The lowest BCUT2D eigenvalue weighted by molar-refractivity contribution is 0.291. The van der Waals surface area contributed by atoms with Crippen molar-refractivity contribution in [3.8, 4) is 0 Å². The Labute approximate surface area is 123 Å². The minimum atomic E-state index is 0.652. The lowest BCUT2D eigenvalue weighted by atomic mass is 9.83. The highest BCUT2D eigenvalue weighted by molar-refractivity contribution is 5.60. The van der Waals surface area contributed by atoms with Gasteiger partial charge in [-0.25, -0.2) is 0 Å². The zero-order valence-electron chi connectivity index (χ0n) is 12.7. The third-order valence-corrected chi connectivity index (χ3v) is 5.29. The van der Waals surface area contributed by atoms with E-state index >= 15 is 0 Å². The molecule has 20 heavy (non-hydrogen) atoms. The second kappa shape index (κ2) is 6.17. The van der Waals surface area contributed by atoms with Gasteiger partial charge in [0.25, 0.3) is 0 Å². The predicted molar refractivity (Wildman–Crippen MR) is 86.2 cm³/mol. The maximum atomic E-state index is 5.79. The number of para-hydroxylation sites is 1. The van der Waals surface area contributed by atoms with Gasteiger partial charge in [-0.2, -0.15) is 0 Å². The molecule has 2 N–H and O–H groups in total. The van der Waals surface area contributed by atoms with Crippen molar-refractivity contribution in [2.45, 2.75) is 44.9 Å². The summed E-state index contributed by atoms with van der Waals surface area (Å²) in [4.78, 5) is 2.64. The molecule has 1 atom stereocenters. The normalized spacial score (nSPS) is 29.5. The molecule has 1 aromatic carbocycles. The van der Waals surface area contributed by atoms with E-state index in [1.54, 1.807) is 0 Å². The Morgan fingerprint density at radius 1 is 1.15 bits per heavy atom. The van der Waals surface area contributed by atoms with Crippen LogP contribution in [0.25, 0.3) is 0 Å². The van der Waals surface area contributed by atoms with Gasteiger partial charge in [0, 0.05) is 24.7 Å². The van der Waals surface area contributed by atoms with Crippen LogP contribution in [0.2, 0.25) is 0 Å². The Kier molecular flexibility index (Phi) is 4.30. The van der Waals surface area contributed by atoms with Gasteiger partial charge in [-0.3, -0.25) is 0 Å². The van der Waals surface area contributed by atoms with Crippen molar-refractivity contribution in [2.75, 3.05) is 24.5 Å². The fourth-order valence-electron chi connectivity index (χ4n) is 4.03. The zero-order valence-corrected chi connectivity index (χ0v) is 12.7. The van der Waals surface area contributed by atoms with E-state index in [-0.39, 0.29) is 0 Å².